The van der Waals surface area contributed by atoms with E-state index in [0.29, 0.717) is 44.1 Å². The third kappa shape index (κ3) is 6.34. The molecule has 0 unspecified atom stereocenters. The Morgan fingerprint density at radius 3 is 2.67 bits per heavy atom. The summed E-state index contributed by atoms with van der Waals surface area (Å²) in [6.45, 7) is 2.34. The summed E-state index contributed by atoms with van der Waals surface area (Å²) in [4.78, 5) is 32.4. The van der Waals surface area contributed by atoms with Crippen molar-refractivity contribution >= 4 is 38.4 Å². The number of benzene rings is 1. The van der Waals surface area contributed by atoms with E-state index in [1.165, 1.54) is 6.42 Å². The van der Waals surface area contributed by atoms with Crippen molar-refractivity contribution < 1.29 is 18.0 Å². The number of fused-ring (bicyclic) bond motifs is 1. The van der Waals surface area contributed by atoms with Gasteiger partial charge in [0.25, 0.3) is 0 Å². The molecule has 1 aromatic heterocycles. The third-order valence-corrected chi connectivity index (χ3v) is 8.86. The van der Waals surface area contributed by atoms with Gasteiger partial charge in [0.1, 0.15) is 17.9 Å². The van der Waals surface area contributed by atoms with Crippen LogP contribution in [-0.2, 0) is 26.2 Å². The highest BCUT2D eigenvalue weighted by Crippen LogP contribution is 2.29. The number of likely N-dealkylation sites (tertiary alicyclic amines) is 1. The largest absolute Gasteiger partial charge is 0.383 e. The first-order valence-corrected chi connectivity index (χ1v) is 14.6. The second kappa shape index (κ2) is 11.6. The lowest BCUT2D eigenvalue weighted by Crippen LogP contribution is -2.54. The second-order valence-electron chi connectivity index (χ2n) is 9.97. The van der Waals surface area contributed by atoms with Gasteiger partial charge in [-0.3, -0.25) is 9.59 Å². The van der Waals surface area contributed by atoms with Crippen molar-refractivity contribution in [2.24, 2.45) is 5.92 Å². The second-order valence-corrected chi connectivity index (χ2v) is 12.0. The van der Waals surface area contributed by atoms with Crippen LogP contribution >= 0.6 is 0 Å². The van der Waals surface area contributed by atoms with Gasteiger partial charge in [0, 0.05) is 24.7 Å². The highest BCUT2D eigenvalue weighted by atomic mass is 32.2. The maximum atomic E-state index is 13.6. The summed E-state index contributed by atoms with van der Waals surface area (Å²) in [5.74, 6) is 0.191. The van der Waals surface area contributed by atoms with Gasteiger partial charge in [0.05, 0.1) is 5.75 Å². The Morgan fingerprint density at radius 2 is 1.92 bits per heavy atom. The molecule has 10 heteroatoms. The Kier molecular flexibility index (Phi) is 8.46. The standard InChI is InChI=1S/C26H37N5O4S/c1-2-36(34,35)30-22(16-18-7-4-3-5-8-18)26(33)31-14-6-9-23(31)25(32)29-17-19-10-11-21-20(15-19)12-13-28-24(21)27/h10-13,15,18,22-23,30H,2-9,14,16-17H2,1H3,(H2,27,28)(H,29,32)/t22-,23+/m1/s1. The summed E-state index contributed by atoms with van der Waals surface area (Å²) < 4.78 is 27.4. The lowest BCUT2D eigenvalue weighted by Gasteiger charge is -2.31. The highest BCUT2D eigenvalue weighted by Gasteiger charge is 2.39. The number of nitrogens with zero attached hydrogens (tertiary/aromatic N) is 2. The molecular formula is C26H37N5O4S. The zero-order valence-corrected chi connectivity index (χ0v) is 21.7. The molecule has 2 fully saturated rings. The number of carbonyl (C=O) groups excluding carboxylic acids is 2. The molecule has 4 N–H and O–H groups in total. The van der Waals surface area contributed by atoms with Gasteiger partial charge in [-0.2, -0.15) is 0 Å². The molecule has 1 aromatic carbocycles. The topological polar surface area (TPSA) is 134 Å². The molecule has 0 bridgehead atoms. The van der Waals surface area contributed by atoms with Crippen molar-refractivity contribution in [3.63, 3.8) is 0 Å². The molecule has 0 radical (unpaired) electrons. The minimum Gasteiger partial charge on any atom is -0.383 e. The molecule has 0 spiro atoms. The molecular weight excluding hydrogens is 478 g/mol. The van der Waals surface area contributed by atoms with Gasteiger partial charge in [0.2, 0.25) is 21.8 Å². The normalized spacial score (nSPS) is 19.9. The molecule has 2 aromatic rings. The lowest BCUT2D eigenvalue weighted by molar-refractivity contribution is -0.140. The predicted octanol–water partition coefficient (Wildman–Crippen LogP) is 2.70. The number of nitrogens with one attached hydrogen (secondary N) is 2. The van der Waals surface area contributed by atoms with E-state index in [1.54, 1.807) is 18.0 Å². The monoisotopic (exact) mass is 515 g/mol. The Hall–Kier alpha value is -2.72. The van der Waals surface area contributed by atoms with Gasteiger partial charge in [-0.05, 0) is 55.2 Å². The van der Waals surface area contributed by atoms with E-state index in [0.717, 1.165) is 42.0 Å². The van der Waals surface area contributed by atoms with Crippen LogP contribution in [0.1, 0.15) is 63.9 Å². The summed E-state index contributed by atoms with van der Waals surface area (Å²) in [6, 6.07) is 6.20. The first kappa shape index (κ1) is 26.3. The summed E-state index contributed by atoms with van der Waals surface area (Å²) in [7, 11) is -3.56. The summed E-state index contributed by atoms with van der Waals surface area (Å²) in [5.41, 5.74) is 6.84. The number of amides is 2. The molecule has 4 rings (SSSR count). The van der Waals surface area contributed by atoms with Crippen LogP contribution < -0.4 is 15.8 Å². The van der Waals surface area contributed by atoms with Gasteiger partial charge in [-0.25, -0.2) is 18.1 Å². The number of carbonyl (C=O) groups is 2. The van der Waals surface area contributed by atoms with Crippen molar-refractivity contribution in [2.75, 3.05) is 18.0 Å². The van der Waals surface area contributed by atoms with Crippen molar-refractivity contribution in [1.82, 2.24) is 19.9 Å². The van der Waals surface area contributed by atoms with E-state index in [4.69, 9.17) is 5.73 Å². The van der Waals surface area contributed by atoms with Crippen molar-refractivity contribution in [3.8, 4) is 0 Å². The van der Waals surface area contributed by atoms with Crippen LogP contribution in [0.25, 0.3) is 10.8 Å². The summed E-state index contributed by atoms with van der Waals surface area (Å²) in [5, 5.41) is 4.77. The molecule has 9 nitrogen and oxygen atoms in total. The van der Waals surface area contributed by atoms with Crippen molar-refractivity contribution in [1.29, 1.82) is 0 Å². The van der Waals surface area contributed by atoms with Crippen molar-refractivity contribution in [2.45, 2.75) is 76.9 Å². The molecule has 196 valence electrons. The zero-order chi connectivity index (χ0) is 25.7. The van der Waals surface area contributed by atoms with Crippen LogP contribution in [-0.4, -0.2) is 54.5 Å². The van der Waals surface area contributed by atoms with E-state index >= 15 is 0 Å². The maximum Gasteiger partial charge on any atom is 0.243 e. The van der Waals surface area contributed by atoms with Gasteiger partial charge in [-0.15, -0.1) is 0 Å². The van der Waals surface area contributed by atoms with E-state index in [9.17, 15) is 18.0 Å². The SMILES string of the molecule is CCS(=O)(=O)N[C@H](CC1CCCCC1)C(=O)N1CCC[C@H]1C(=O)NCc1ccc2c(N)nccc2c1. The minimum absolute atomic E-state index is 0.0845. The molecule has 2 atom stereocenters. The fourth-order valence-corrected chi connectivity index (χ4v) is 6.22. The number of sulfonamides is 1. The number of nitrogens with two attached hydrogens (primary N) is 1. The number of pyridine rings is 1. The Balaban J connectivity index is 1.43. The van der Waals surface area contributed by atoms with Gasteiger partial charge >= 0.3 is 0 Å². The van der Waals surface area contributed by atoms with E-state index in [-0.39, 0.29) is 17.6 Å². The average molecular weight is 516 g/mol. The van der Waals surface area contributed by atoms with Crippen LogP contribution in [0.15, 0.2) is 30.5 Å². The fourth-order valence-electron chi connectivity index (χ4n) is 5.43. The van der Waals surface area contributed by atoms with Crippen LogP contribution in [0.2, 0.25) is 0 Å². The van der Waals surface area contributed by atoms with Crippen LogP contribution in [0.5, 0.6) is 0 Å². The first-order chi connectivity index (χ1) is 17.3. The number of anilines is 1. The number of hydrogen-bond donors (Lipinski definition) is 3. The van der Waals surface area contributed by atoms with Crippen molar-refractivity contribution in [3.05, 3.63) is 36.0 Å². The van der Waals surface area contributed by atoms with E-state index in [1.807, 2.05) is 24.3 Å². The third-order valence-electron chi connectivity index (χ3n) is 7.46. The number of aromatic nitrogens is 1. The van der Waals surface area contributed by atoms with Crippen LogP contribution in [0.4, 0.5) is 5.82 Å². The van der Waals surface area contributed by atoms with Crippen LogP contribution in [0, 0.1) is 5.92 Å². The molecule has 1 saturated heterocycles. The molecule has 2 amide bonds. The molecule has 1 saturated carbocycles. The number of nitrogen functional groups attached to an aromatic ring is 1. The fraction of sp³-hybridized carbons (Fsp3) is 0.577. The highest BCUT2D eigenvalue weighted by molar-refractivity contribution is 7.89. The Bertz CT molecular complexity index is 1200. The minimum atomic E-state index is -3.56. The molecule has 1 aliphatic heterocycles. The van der Waals surface area contributed by atoms with E-state index in [2.05, 4.69) is 15.0 Å². The van der Waals surface area contributed by atoms with Crippen LogP contribution in [0.3, 0.4) is 0 Å². The molecule has 1 aliphatic carbocycles. The lowest BCUT2D eigenvalue weighted by atomic mass is 9.84. The summed E-state index contributed by atoms with van der Waals surface area (Å²) >= 11 is 0. The van der Waals surface area contributed by atoms with E-state index < -0.39 is 22.1 Å². The average Bonchev–Trinajstić information content (AvgIpc) is 3.37. The zero-order valence-electron chi connectivity index (χ0n) is 20.9. The Morgan fingerprint density at radius 1 is 1.14 bits per heavy atom. The molecule has 2 heterocycles. The smallest absolute Gasteiger partial charge is 0.243 e. The Labute approximate surface area is 213 Å². The summed E-state index contributed by atoms with van der Waals surface area (Å²) in [6.07, 6.45) is 8.83. The van der Waals surface area contributed by atoms with Gasteiger partial charge < -0.3 is 16.0 Å². The maximum absolute atomic E-state index is 13.6. The number of rotatable bonds is 9. The molecule has 36 heavy (non-hydrogen) atoms. The first-order valence-electron chi connectivity index (χ1n) is 13.0. The number of hydrogen-bond acceptors (Lipinski definition) is 6. The predicted molar refractivity (Wildman–Crippen MR) is 140 cm³/mol. The quantitative estimate of drug-likeness (QED) is 0.470. The molecule has 2 aliphatic rings. The van der Waals surface area contributed by atoms with Gasteiger partial charge in [0.15, 0.2) is 0 Å². The van der Waals surface area contributed by atoms with Gasteiger partial charge in [-0.1, -0.05) is 44.2 Å².